The maximum absolute atomic E-state index is 10.6. The minimum absolute atomic E-state index is 0.0550. The Bertz CT molecular complexity index is 352. The Morgan fingerprint density at radius 2 is 2.15 bits per heavy atom. The smallest absolute Gasteiger partial charge is 0.258 e. The van der Waals surface area contributed by atoms with Gasteiger partial charge in [-0.3, -0.25) is 10.1 Å². The molecule has 1 aromatic rings. The quantitative estimate of drug-likeness (QED) is 0.436. The standard InChI is InChI=1S/C8H7Cl2NO2/c1-5-2-7(10)3-6(4-9)8(5)11(12)13/h2-3H,4H2,1H3. The third-order valence-electron chi connectivity index (χ3n) is 1.67. The molecule has 0 N–H and O–H groups in total. The molecule has 0 heterocycles. The molecule has 5 heteroatoms. The molecule has 3 nitrogen and oxygen atoms in total. The number of rotatable bonds is 2. The minimum Gasteiger partial charge on any atom is -0.258 e. The number of benzene rings is 1. The largest absolute Gasteiger partial charge is 0.276 e. The number of nitro groups is 1. The van der Waals surface area contributed by atoms with Gasteiger partial charge in [0, 0.05) is 16.1 Å². The monoisotopic (exact) mass is 219 g/mol. The molecule has 0 fully saturated rings. The van der Waals surface area contributed by atoms with Crippen molar-refractivity contribution in [3.05, 3.63) is 38.4 Å². The number of alkyl halides is 1. The van der Waals surface area contributed by atoms with Crippen molar-refractivity contribution < 1.29 is 4.92 Å². The zero-order chi connectivity index (χ0) is 10.0. The molecule has 0 saturated heterocycles. The Morgan fingerprint density at radius 1 is 1.54 bits per heavy atom. The van der Waals surface area contributed by atoms with E-state index in [1.54, 1.807) is 13.0 Å². The molecule has 0 saturated carbocycles. The van der Waals surface area contributed by atoms with Gasteiger partial charge in [0.05, 0.1) is 10.8 Å². The van der Waals surface area contributed by atoms with E-state index in [0.717, 1.165) is 0 Å². The van der Waals surface area contributed by atoms with Crippen LogP contribution in [0.15, 0.2) is 12.1 Å². The van der Waals surface area contributed by atoms with E-state index in [1.165, 1.54) is 6.07 Å². The molecule has 0 aromatic heterocycles. The van der Waals surface area contributed by atoms with E-state index in [1.807, 2.05) is 0 Å². The fraction of sp³-hybridized carbons (Fsp3) is 0.250. The van der Waals surface area contributed by atoms with E-state index in [2.05, 4.69) is 0 Å². The normalized spacial score (nSPS) is 10.1. The summed E-state index contributed by atoms with van der Waals surface area (Å²) in [5, 5.41) is 11.1. The first kappa shape index (κ1) is 10.3. The van der Waals surface area contributed by atoms with Gasteiger partial charge in [-0.2, -0.15) is 0 Å². The predicted molar refractivity (Wildman–Crippen MR) is 52.4 cm³/mol. The zero-order valence-electron chi connectivity index (χ0n) is 6.88. The fourth-order valence-electron chi connectivity index (χ4n) is 1.17. The van der Waals surface area contributed by atoms with Crippen LogP contribution in [0.2, 0.25) is 5.02 Å². The van der Waals surface area contributed by atoms with Gasteiger partial charge in [-0.05, 0) is 19.1 Å². The van der Waals surface area contributed by atoms with E-state index in [4.69, 9.17) is 23.2 Å². The summed E-state index contributed by atoms with van der Waals surface area (Å²) in [6.07, 6.45) is 0. The highest BCUT2D eigenvalue weighted by Crippen LogP contribution is 2.28. The van der Waals surface area contributed by atoms with Crippen LogP contribution in [0.5, 0.6) is 0 Å². The first-order valence-electron chi connectivity index (χ1n) is 3.55. The van der Waals surface area contributed by atoms with Gasteiger partial charge >= 0.3 is 0 Å². The Kier molecular flexibility index (Phi) is 3.12. The molecule has 0 aliphatic heterocycles. The molecule has 0 amide bonds. The van der Waals surface area contributed by atoms with Crippen LogP contribution >= 0.6 is 23.2 Å². The second-order valence-corrected chi connectivity index (χ2v) is 3.32. The van der Waals surface area contributed by atoms with Crippen LogP contribution in [0.3, 0.4) is 0 Å². The zero-order valence-corrected chi connectivity index (χ0v) is 8.39. The van der Waals surface area contributed by atoms with Gasteiger partial charge in [-0.25, -0.2) is 0 Å². The van der Waals surface area contributed by atoms with Crippen LogP contribution in [-0.4, -0.2) is 4.92 Å². The topological polar surface area (TPSA) is 43.1 Å². The molecule has 0 atom stereocenters. The molecule has 0 spiro atoms. The van der Waals surface area contributed by atoms with Crippen LogP contribution in [0.1, 0.15) is 11.1 Å². The summed E-state index contributed by atoms with van der Waals surface area (Å²) in [6, 6.07) is 3.06. The summed E-state index contributed by atoms with van der Waals surface area (Å²) in [7, 11) is 0. The molecule has 0 aliphatic rings. The van der Waals surface area contributed by atoms with Gasteiger partial charge in [0.15, 0.2) is 0 Å². The lowest BCUT2D eigenvalue weighted by Crippen LogP contribution is -1.96. The first-order chi connectivity index (χ1) is 6.06. The summed E-state index contributed by atoms with van der Waals surface area (Å²) in [6.45, 7) is 1.64. The van der Waals surface area contributed by atoms with Gasteiger partial charge < -0.3 is 0 Å². The summed E-state index contributed by atoms with van der Waals surface area (Å²) >= 11 is 11.3. The number of hydrogen-bond donors (Lipinski definition) is 0. The van der Waals surface area contributed by atoms with Crippen molar-refractivity contribution >= 4 is 28.9 Å². The lowest BCUT2D eigenvalue weighted by Gasteiger charge is -2.02. The molecule has 70 valence electrons. The molecular weight excluding hydrogens is 213 g/mol. The Labute approximate surface area is 85.4 Å². The van der Waals surface area contributed by atoms with Gasteiger partial charge in [0.2, 0.25) is 0 Å². The summed E-state index contributed by atoms with van der Waals surface area (Å²) < 4.78 is 0. The molecule has 13 heavy (non-hydrogen) atoms. The lowest BCUT2D eigenvalue weighted by molar-refractivity contribution is -0.386. The van der Waals surface area contributed by atoms with E-state index in [-0.39, 0.29) is 11.6 Å². The highest BCUT2D eigenvalue weighted by atomic mass is 35.5. The van der Waals surface area contributed by atoms with Crippen LogP contribution in [0, 0.1) is 17.0 Å². The number of aryl methyl sites for hydroxylation is 1. The van der Waals surface area contributed by atoms with Crippen LogP contribution in [0.4, 0.5) is 5.69 Å². The second-order valence-electron chi connectivity index (χ2n) is 2.62. The van der Waals surface area contributed by atoms with E-state index in [0.29, 0.717) is 16.1 Å². The van der Waals surface area contributed by atoms with Crippen molar-refractivity contribution in [1.29, 1.82) is 0 Å². The maximum Gasteiger partial charge on any atom is 0.276 e. The average molecular weight is 220 g/mol. The molecule has 0 radical (unpaired) electrons. The third-order valence-corrected chi connectivity index (χ3v) is 2.18. The molecule has 0 bridgehead atoms. The highest BCUT2D eigenvalue weighted by molar-refractivity contribution is 6.31. The van der Waals surface area contributed by atoms with Gasteiger partial charge in [0.25, 0.3) is 5.69 Å². The van der Waals surface area contributed by atoms with Crippen molar-refractivity contribution in [2.24, 2.45) is 0 Å². The maximum atomic E-state index is 10.6. The van der Waals surface area contributed by atoms with E-state index in [9.17, 15) is 10.1 Å². The van der Waals surface area contributed by atoms with Gasteiger partial charge in [-0.15, -0.1) is 11.6 Å². The highest BCUT2D eigenvalue weighted by Gasteiger charge is 2.16. The predicted octanol–water partition coefficient (Wildman–Crippen LogP) is 3.30. The molecule has 0 unspecified atom stereocenters. The Balaban J connectivity index is 3.38. The van der Waals surface area contributed by atoms with Gasteiger partial charge in [0.1, 0.15) is 0 Å². The number of halogens is 2. The van der Waals surface area contributed by atoms with Crippen molar-refractivity contribution in [3.8, 4) is 0 Å². The van der Waals surface area contributed by atoms with Crippen molar-refractivity contribution in [1.82, 2.24) is 0 Å². The summed E-state index contributed by atoms with van der Waals surface area (Å²) in [5.74, 6) is 0.0950. The van der Waals surface area contributed by atoms with E-state index < -0.39 is 4.92 Å². The molecule has 1 aromatic carbocycles. The van der Waals surface area contributed by atoms with Crippen LogP contribution < -0.4 is 0 Å². The Hall–Kier alpha value is -0.800. The Morgan fingerprint density at radius 3 is 2.62 bits per heavy atom. The molecule has 1 rings (SSSR count). The van der Waals surface area contributed by atoms with E-state index >= 15 is 0 Å². The molecule has 0 aliphatic carbocycles. The summed E-state index contributed by atoms with van der Waals surface area (Å²) in [5.41, 5.74) is 1.05. The van der Waals surface area contributed by atoms with Crippen molar-refractivity contribution in [2.75, 3.05) is 0 Å². The van der Waals surface area contributed by atoms with Crippen molar-refractivity contribution in [3.63, 3.8) is 0 Å². The minimum atomic E-state index is -0.441. The SMILES string of the molecule is Cc1cc(Cl)cc(CCl)c1[N+](=O)[O-]. The van der Waals surface area contributed by atoms with Crippen LogP contribution in [0.25, 0.3) is 0 Å². The first-order valence-corrected chi connectivity index (χ1v) is 4.47. The number of hydrogen-bond acceptors (Lipinski definition) is 2. The summed E-state index contributed by atoms with van der Waals surface area (Å²) in [4.78, 5) is 10.2. The van der Waals surface area contributed by atoms with Crippen LogP contribution in [-0.2, 0) is 5.88 Å². The fourth-order valence-corrected chi connectivity index (χ4v) is 1.67. The second kappa shape index (κ2) is 3.94. The molecular formula is C8H7Cl2NO2. The average Bonchev–Trinajstić information content (AvgIpc) is 2.01. The third kappa shape index (κ3) is 2.11. The lowest BCUT2D eigenvalue weighted by atomic mass is 10.1. The number of nitrogens with zero attached hydrogens (tertiary/aromatic N) is 1. The number of nitro benzene ring substituents is 1. The van der Waals surface area contributed by atoms with Gasteiger partial charge in [-0.1, -0.05) is 11.6 Å². The van der Waals surface area contributed by atoms with Crippen molar-refractivity contribution in [2.45, 2.75) is 12.8 Å².